The summed E-state index contributed by atoms with van der Waals surface area (Å²) in [6.07, 6.45) is 2.34. The van der Waals surface area contributed by atoms with Gasteiger partial charge in [-0.1, -0.05) is 36.4 Å². The van der Waals surface area contributed by atoms with Crippen LogP contribution in [0.15, 0.2) is 96.0 Å². The Kier molecular flexibility index (Phi) is 6.52. The lowest BCUT2D eigenvalue weighted by atomic mass is 10.1. The number of para-hydroxylation sites is 2. The van der Waals surface area contributed by atoms with Gasteiger partial charge in [0.05, 0.1) is 32.1 Å². The van der Waals surface area contributed by atoms with Crippen LogP contribution in [0.25, 0.3) is 0 Å². The van der Waals surface area contributed by atoms with Gasteiger partial charge in [0.15, 0.2) is 5.82 Å². The average Bonchev–Trinajstić information content (AvgIpc) is 3.00. The summed E-state index contributed by atoms with van der Waals surface area (Å²) in [4.78, 5) is 6.73. The first kappa shape index (κ1) is 23.7. The van der Waals surface area contributed by atoms with Crippen molar-refractivity contribution >= 4 is 27.2 Å². The van der Waals surface area contributed by atoms with Crippen LogP contribution in [-0.4, -0.2) is 34.2 Å². The van der Waals surface area contributed by atoms with E-state index in [2.05, 4.69) is 4.98 Å². The van der Waals surface area contributed by atoms with Gasteiger partial charge < -0.3 is 14.4 Å². The van der Waals surface area contributed by atoms with Crippen LogP contribution >= 0.6 is 0 Å². The Morgan fingerprint density at radius 3 is 2.00 bits per heavy atom. The summed E-state index contributed by atoms with van der Waals surface area (Å²) in [5, 5.41) is 0. The third-order valence-corrected chi connectivity index (χ3v) is 8.06. The number of ether oxygens (including phenoxy) is 2. The van der Waals surface area contributed by atoms with E-state index in [1.165, 1.54) is 4.31 Å². The molecule has 3 aromatic carbocycles. The molecule has 36 heavy (non-hydrogen) atoms. The fourth-order valence-electron chi connectivity index (χ4n) is 4.38. The van der Waals surface area contributed by atoms with Crippen molar-refractivity contribution < 1.29 is 17.9 Å². The standard InChI is InChI=1S/C28H27N3O4S/c1-34-23-13-9-21(10-14-23)17-19-30-25-6-3-4-7-26(25)31(20-22-11-15-24(35-2)16-12-22)36(32,33)27-8-5-18-29-28(27)30/h3-16,18H,17,19-20H2,1-2H3. The van der Waals surface area contributed by atoms with Gasteiger partial charge in [0.25, 0.3) is 10.0 Å². The zero-order chi connectivity index (χ0) is 25.1. The van der Waals surface area contributed by atoms with Gasteiger partial charge in [0.2, 0.25) is 0 Å². The first-order valence-corrected chi connectivity index (χ1v) is 13.1. The summed E-state index contributed by atoms with van der Waals surface area (Å²) in [6, 6.07) is 26.2. The fraction of sp³-hybridized carbons (Fsp3) is 0.179. The summed E-state index contributed by atoms with van der Waals surface area (Å²) in [5.41, 5.74) is 3.38. The van der Waals surface area contributed by atoms with E-state index < -0.39 is 10.0 Å². The highest BCUT2D eigenvalue weighted by Crippen LogP contribution is 2.43. The van der Waals surface area contributed by atoms with Crippen molar-refractivity contribution in [2.45, 2.75) is 17.9 Å². The molecule has 0 saturated carbocycles. The summed E-state index contributed by atoms with van der Waals surface area (Å²) in [7, 11) is -0.641. The van der Waals surface area contributed by atoms with Crippen LogP contribution in [0.3, 0.4) is 0 Å². The predicted molar refractivity (Wildman–Crippen MR) is 141 cm³/mol. The highest BCUT2D eigenvalue weighted by molar-refractivity contribution is 7.93. The van der Waals surface area contributed by atoms with E-state index >= 15 is 0 Å². The van der Waals surface area contributed by atoms with Crippen molar-refractivity contribution in [3.05, 3.63) is 102 Å². The molecule has 7 nitrogen and oxygen atoms in total. The molecule has 5 rings (SSSR count). The molecule has 0 N–H and O–H groups in total. The van der Waals surface area contributed by atoms with E-state index in [0.717, 1.165) is 28.3 Å². The summed E-state index contributed by atoms with van der Waals surface area (Å²) < 4.78 is 40.1. The Balaban J connectivity index is 1.58. The van der Waals surface area contributed by atoms with Gasteiger partial charge in [0, 0.05) is 12.7 Å². The molecule has 2 heterocycles. The second kappa shape index (κ2) is 9.91. The third-order valence-electron chi connectivity index (χ3n) is 6.28. The quantitative estimate of drug-likeness (QED) is 0.347. The first-order chi connectivity index (χ1) is 17.5. The topological polar surface area (TPSA) is 72.0 Å². The van der Waals surface area contributed by atoms with Gasteiger partial charge in [-0.2, -0.15) is 0 Å². The lowest BCUT2D eigenvalue weighted by Gasteiger charge is -2.26. The van der Waals surface area contributed by atoms with Gasteiger partial charge in [0.1, 0.15) is 16.4 Å². The average molecular weight is 502 g/mol. The molecule has 0 fully saturated rings. The molecule has 0 saturated heterocycles. The molecule has 0 unspecified atom stereocenters. The van der Waals surface area contributed by atoms with Crippen molar-refractivity contribution in [1.82, 2.24) is 4.98 Å². The normalized spacial score (nSPS) is 13.9. The number of benzene rings is 3. The molecule has 8 heteroatoms. The number of fused-ring (bicyclic) bond motifs is 2. The van der Waals surface area contributed by atoms with Crippen molar-refractivity contribution in [2.75, 3.05) is 30.0 Å². The Bertz CT molecular complexity index is 1460. The second-order valence-electron chi connectivity index (χ2n) is 8.42. The third kappa shape index (κ3) is 4.47. The van der Waals surface area contributed by atoms with E-state index in [0.29, 0.717) is 24.5 Å². The monoisotopic (exact) mass is 501 g/mol. The summed E-state index contributed by atoms with van der Waals surface area (Å²) in [6.45, 7) is 0.739. The number of nitrogens with zero attached hydrogens (tertiary/aromatic N) is 3. The van der Waals surface area contributed by atoms with Gasteiger partial charge >= 0.3 is 0 Å². The number of methoxy groups -OCH3 is 2. The van der Waals surface area contributed by atoms with E-state index in [-0.39, 0.29) is 11.4 Å². The van der Waals surface area contributed by atoms with E-state index in [9.17, 15) is 8.42 Å². The molecule has 1 aliphatic heterocycles. The Hall–Kier alpha value is -4.04. The highest BCUT2D eigenvalue weighted by atomic mass is 32.2. The van der Waals surface area contributed by atoms with E-state index in [4.69, 9.17) is 9.47 Å². The van der Waals surface area contributed by atoms with Gasteiger partial charge in [-0.25, -0.2) is 13.4 Å². The minimum atomic E-state index is -3.89. The van der Waals surface area contributed by atoms with Crippen LogP contribution < -0.4 is 18.7 Å². The SMILES string of the molecule is COc1ccc(CCN2c3ccccc3N(Cc3ccc(OC)cc3)S(=O)(=O)c3cccnc32)cc1. The molecule has 0 radical (unpaired) electrons. The lowest BCUT2D eigenvalue weighted by Crippen LogP contribution is -2.30. The summed E-state index contributed by atoms with van der Waals surface area (Å²) >= 11 is 0. The number of sulfonamides is 1. The van der Waals surface area contributed by atoms with Crippen molar-refractivity contribution in [2.24, 2.45) is 0 Å². The number of anilines is 3. The minimum absolute atomic E-state index is 0.185. The van der Waals surface area contributed by atoms with Crippen LogP contribution in [-0.2, 0) is 23.0 Å². The van der Waals surface area contributed by atoms with E-state index in [1.807, 2.05) is 77.7 Å². The maximum atomic E-state index is 14.0. The maximum absolute atomic E-state index is 14.0. The first-order valence-electron chi connectivity index (χ1n) is 11.6. The molecular formula is C28H27N3O4S. The number of hydrogen-bond donors (Lipinski definition) is 0. The predicted octanol–water partition coefficient (Wildman–Crippen LogP) is 5.19. The smallest absolute Gasteiger partial charge is 0.268 e. The molecule has 0 aliphatic carbocycles. The molecule has 0 spiro atoms. The second-order valence-corrected chi connectivity index (χ2v) is 10.3. The molecular weight excluding hydrogens is 474 g/mol. The maximum Gasteiger partial charge on any atom is 0.268 e. The van der Waals surface area contributed by atoms with Crippen LogP contribution in [0.4, 0.5) is 17.2 Å². The largest absolute Gasteiger partial charge is 0.497 e. The molecule has 184 valence electrons. The van der Waals surface area contributed by atoms with Crippen molar-refractivity contribution in [1.29, 1.82) is 0 Å². The van der Waals surface area contributed by atoms with Crippen molar-refractivity contribution in [3.8, 4) is 11.5 Å². The number of rotatable bonds is 7. The zero-order valence-corrected chi connectivity index (χ0v) is 21.0. The summed E-state index contributed by atoms with van der Waals surface area (Å²) in [5.74, 6) is 1.94. The molecule has 0 amide bonds. The number of pyridine rings is 1. The molecule has 0 atom stereocenters. The van der Waals surface area contributed by atoms with Crippen LogP contribution in [0, 0.1) is 0 Å². The molecule has 4 aromatic rings. The Morgan fingerprint density at radius 1 is 0.750 bits per heavy atom. The molecule has 1 aliphatic rings. The van der Waals surface area contributed by atoms with E-state index in [1.54, 1.807) is 32.5 Å². The van der Waals surface area contributed by atoms with Gasteiger partial charge in [-0.3, -0.25) is 4.31 Å². The fourth-order valence-corrected chi connectivity index (χ4v) is 5.99. The molecule has 1 aromatic heterocycles. The van der Waals surface area contributed by atoms with Crippen LogP contribution in [0.1, 0.15) is 11.1 Å². The molecule has 0 bridgehead atoms. The Morgan fingerprint density at radius 2 is 1.36 bits per heavy atom. The van der Waals surface area contributed by atoms with Crippen LogP contribution in [0.5, 0.6) is 11.5 Å². The minimum Gasteiger partial charge on any atom is -0.497 e. The van der Waals surface area contributed by atoms with Gasteiger partial charge in [-0.15, -0.1) is 0 Å². The van der Waals surface area contributed by atoms with Crippen LogP contribution in [0.2, 0.25) is 0 Å². The number of aromatic nitrogens is 1. The highest BCUT2D eigenvalue weighted by Gasteiger charge is 2.36. The number of hydrogen-bond acceptors (Lipinski definition) is 6. The zero-order valence-electron chi connectivity index (χ0n) is 20.2. The van der Waals surface area contributed by atoms with Gasteiger partial charge in [-0.05, 0) is 66.1 Å². The van der Waals surface area contributed by atoms with Crippen molar-refractivity contribution in [3.63, 3.8) is 0 Å². The Labute approximate surface area is 211 Å². The lowest BCUT2D eigenvalue weighted by molar-refractivity contribution is 0.414.